The minimum Gasteiger partial charge on any atom is -0.374 e. The van der Waals surface area contributed by atoms with Crippen LogP contribution in [0.15, 0.2) is 6.20 Å². The Morgan fingerprint density at radius 1 is 1.57 bits per heavy atom. The number of aryl methyl sites for hydroxylation is 1. The van der Waals surface area contributed by atoms with Crippen LogP contribution in [-0.4, -0.2) is 22.0 Å². The van der Waals surface area contributed by atoms with Crippen LogP contribution in [0, 0.1) is 6.92 Å². The summed E-state index contributed by atoms with van der Waals surface area (Å²) in [4.78, 5) is 0. The van der Waals surface area contributed by atoms with Crippen LogP contribution in [0.25, 0.3) is 0 Å². The van der Waals surface area contributed by atoms with Gasteiger partial charge in [0.15, 0.2) is 0 Å². The molecule has 0 radical (unpaired) electrons. The SMILES string of the molecule is Cc1cnn2c1CCC(OC(C)C)C2. The molecule has 0 aliphatic carbocycles. The first-order valence-electron chi connectivity index (χ1n) is 5.33. The second-order valence-corrected chi connectivity index (χ2v) is 4.30. The maximum absolute atomic E-state index is 5.80. The van der Waals surface area contributed by atoms with Gasteiger partial charge in [-0.15, -0.1) is 0 Å². The number of aromatic nitrogens is 2. The highest BCUT2D eigenvalue weighted by Crippen LogP contribution is 2.20. The van der Waals surface area contributed by atoms with Crippen LogP contribution in [0.4, 0.5) is 0 Å². The summed E-state index contributed by atoms with van der Waals surface area (Å²) in [6.45, 7) is 7.22. The van der Waals surface area contributed by atoms with E-state index in [4.69, 9.17) is 4.74 Å². The maximum atomic E-state index is 5.80. The van der Waals surface area contributed by atoms with E-state index in [0.29, 0.717) is 12.2 Å². The van der Waals surface area contributed by atoms with Gasteiger partial charge in [0.05, 0.1) is 24.9 Å². The molecule has 2 rings (SSSR count). The van der Waals surface area contributed by atoms with Gasteiger partial charge in [-0.05, 0) is 39.2 Å². The summed E-state index contributed by atoms with van der Waals surface area (Å²) in [5, 5.41) is 4.35. The molecule has 1 aliphatic rings. The van der Waals surface area contributed by atoms with Gasteiger partial charge in [-0.25, -0.2) is 0 Å². The monoisotopic (exact) mass is 194 g/mol. The van der Waals surface area contributed by atoms with Crippen LogP contribution < -0.4 is 0 Å². The molecule has 1 aromatic rings. The third-order valence-corrected chi connectivity index (χ3v) is 2.70. The molecule has 14 heavy (non-hydrogen) atoms. The fourth-order valence-electron chi connectivity index (χ4n) is 2.07. The predicted molar refractivity (Wildman–Crippen MR) is 55.3 cm³/mol. The van der Waals surface area contributed by atoms with Gasteiger partial charge in [-0.2, -0.15) is 5.10 Å². The molecule has 3 heteroatoms. The molecule has 1 aliphatic heterocycles. The van der Waals surface area contributed by atoms with E-state index in [1.54, 1.807) is 0 Å². The van der Waals surface area contributed by atoms with Gasteiger partial charge in [0.2, 0.25) is 0 Å². The summed E-state index contributed by atoms with van der Waals surface area (Å²) in [7, 11) is 0. The Bertz CT molecular complexity index is 317. The highest BCUT2D eigenvalue weighted by Gasteiger charge is 2.21. The number of ether oxygens (including phenoxy) is 1. The van der Waals surface area contributed by atoms with Gasteiger partial charge >= 0.3 is 0 Å². The lowest BCUT2D eigenvalue weighted by atomic mass is 10.1. The average molecular weight is 194 g/mol. The standard InChI is InChI=1S/C11H18N2O/c1-8(2)14-10-4-5-11-9(3)6-12-13(11)7-10/h6,8,10H,4-5,7H2,1-3H3. The fourth-order valence-corrected chi connectivity index (χ4v) is 2.07. The molecule has 2 heterocycles. The van der Waals surface area contributed by atoms with Crippen molar-refractivity contribution >= 4 is 0 Å². The zero-order chi connectivity index (χ0) is 10.1. The minimum atomic E-state index is 0.318. The normalized spacial score (nSPS) is 21.3. The van der Waals surface area contributed by atoms with E-state index in [1.807, 2.05) is 6.20 Å². The number of hydrogen-bond acceptors (Lipinski definition) is 2. The number of rotatable bonds is 2. The van der Waals surface area contributed by atoms with Crippen molar-refractivity contribution in [2.45, 2.75) is 52.4 Å². The third kappa shape index (κ3) is 1.82. The third-order valence-electron chi connectivity index (χ3n) is 2.70. The van der Waals surface area contributed by atoms with E-state index in [0.717, 1.165) is 19.4 Å². The van der Waals surface area contributed by atoms with E-state index in [-0.39, 0.29) is 0 Å². The zero-order valence-corrected chi connectivity index (χ0v) is 9.16. The first kappa shape index (κ1) is 9.71. The predicted octanol–water partition coefficient (Wildman–Crippen LogP) is 1.93. The van der Waals surface area contributed by atoms with Crippen LogP contribution in [0.3, 0.4) is 0 Å². The summed E-state index contributed by atoms with van der Waals surface area (Å²) in [6, 6.07) is 0. The highest BCUT2D eigenvalue weighted by atomic mass is 16.5. The lowest BCUT2D eigenvalue weighted by Gasteiger charge is -2.25. The molecular weight excluding hydrogens is 176 g/mol. The van der Waals surface area contributed by atoms with Crippen LogP contribution in [-0.2, 0) is 17.7 Å². The molecule has 0 fully saturated rings. The molecule has 0 saturated carbocycles. The molecule has 1 unspecified atom stereocenters. The number of nitrogens with zero attached hydrogens (tertiary/aromatic N) is 2. The Labute approximate surface area is 85.1 Å². The largest absolute Gasteiger partial charge is 0.374 e. The van der Waals surface area contributed by atoms with Gasteiger partial charge in [0, 0.05) is 5.69 Å². The van der Waals surface area contributed by atoms with Crippen molar-refractivity contribution in [3.8, 4) is 0 Å². The lowest BCUT2D eigenvalue weighted by Crippen LogP contribution is -2.30. The first-order chi connectivity index (χ1) is 6.66. The van der Waals surface area contributed by atoms with E-state index in [2.05, 4.69) is 30.6 Å². The smallest absolute Gasteiger partial charge is 0.0778 e. The topological polar surface area (TPSA) is 27.1 Å². The molecular formula is C11H18N2O. The van der Waals surface area contributed by atoms with Crippen molar-refractivity contribution in [1.82, 2.24) is 9.78 Å². The Kier molecular flexibility index (Phi) is 2.59. The van der Waals surface area contributed by atoms with Gasteiger partial charge in [0.25, 0.3) is 0 Å². The van der Waals surface area contributed by atoms with E-state index in [1.165, 1.54) is 11.3 Å². The molecule has 0 N–H and O–H groups in total. The molecule has 1 atom stereocenters. The average Bonchev–Trinajstić information content (AvgIpc) is 2.46. The quantitative estimate of drug-likeness (QED) is 0.719. The second kappa shape index (κ2) is 3.73. The van der Waals surface area contributed by atoms with Crippen molar-refractivity contribution in [2.24, 2.45) is 0 Å². The Morgan fingerprint density at radius 2 is 2.36 bits per heavy atom. The molecule has 78 valence electrons. The molecule has 3 nitrogen and oxygen atoms in total. The summed E-state index contributed by atoms with van der Waals surface area (Å²) < 4.78 is 7.89. The summed E-state index contributed by atoms with van der Waals surface area (Å²) in [6.07, 6.45) is 4.85. The molecule has 0 amide bonds. The van der Waals surface area contributed by atoms with Crippen molar-refractivity contribution in [3.63, 3.8) is 0 Å². The summed E-state index contributed by atoms with van der Waals surface area (Å²) in [5.41, 5.74) is 2.70. The Hall–Kier alpha value is -0.830. The Balaban J connectivity index is 2.06. The molecule has 1 aromatic heterocycles. The lowest BCUT2D eigenvalue weighted by molar-refractivity contribution is -0.0143. The maximum Gasteiger partial charge on any atom is 0.0778 e. The summed E-state index contributed by atoms with van der Waals surface area (Å²) >= 11 is 0. The molecule has 0 saturated heterocycles. The van der Waals surface area contributed by atoms with Gasteiger partial charge in [-0.1, -0.05) is 0 Å². The van der Waals surface area contributed by atoms with E-state index < -0.39 is 0 Å². The zero-order valence-electron chi connectivity index (χ0n) is 9.16. The van der Waals surface area contributed by atoms with Crippen molar-refractivity contribution in [1.29, 1.82) is 0 Å². The second-order valence-electron chi connectivity index (χ2n) is 4.30. The first-order valence-corrected chi connectivity index (χ1v) is 5.33. The minimum absolute atomic E-state index is 0.318. The van der Waals surface area contributed by atoms with E-state index >= 15 is 0 Å². The molecule has 0 aromatic carbocycles. The fraction of sp³-hybridized carbons (Fsp3) is 0.727. The van der Waals surface area contributed by atoms with Gasteiger partial charge in [-0.3, -0.25) is 4.68 Å². The van der Waals surface area contributed by atoms with Gasteiger partial charge < -0.3 is 4.74 Å². The molecule has 0 bridgehead atoms. The van der Waals surface area contributed by atoms with Crippen LogP contribution in [0.1, 0.15) is 31.5 Å². The Morgan fingerprint density at radius 3 is 3.07 bits per heavy atom. The number of hydrogen-bond donors (Lipinski definition) is 0. The van der Waals surface area contributed by atoms with Crippen LogP contribution in [0.5, 0.6) is 0 Å². The van der Waals surface area contributed by atoms with Crippen LogP contribution in [0.2, 0.25) is 0 Å². The van der Waals surface area contributed by atoms with E-state index in [9.17, 15) is 0 Å². The van der Waals surface area contributed by atoms with Crippen molar-refractivity contribution < 1.29 is 4.74 Å². The van der Waals surface area contributed by atoms with Crippen LogP contribution >= 0.6 is 0 Å². The summed E-state index contributed by atoms with van der Waals surface area (Å²) in [5.74, 6) is 0. The van der Waals surface area contributed by atoms with Gasteiger partial charge in [0.1, 0.15) is 0 Å². The highest BCUT2D eigenvalue weighted by molar-refractivity contribution is 5.17. The number of fused-ring (bicyclic) bond motifs is 1. The van der Waals surface area contributed by atoms with Crippen molar-refractivity contribution in [3.05, 3.63) is 17.5 Å². The molecule has 0 spiro atoms. The van der Waals surface area contributed by atoms with Crippen molar-refractivity contribution in [2.75, 3.05) is 0 Å².